The van der Waals surface area contributed by atoms with Gasteiger partial charge >= 0.3 is 5.97 Å². The minimum atomic E-state index is -1.11. The molecule has 4 heteroatoms. The molecule has 0 spiro atoms. The van der Waals surface area contributed by atoms with Crippen LogP contribution in [0.5, 0.6) is 5.75 Å². The van der Waals surface area contributed by atoms with Gasteiger partial charge in [-0.25, -0.2) is 9.18 Å². The van der Waals surface area contributed by atoms with E-state index in [2.05, 4.69) is 6.58 Å². The van der Waals surface area contributed by atoms with E-state index in [1.165, 1.54) is 12.1 Å². The zero-order chi connectivity index (χ0) is 10.6. The number of ether oxygens (including phenoxy) is 1. The second kappa shape index (κ2) is 4.41. The maximum Gasteiger partial charge on any atom is 0.339 e. The number of carboxylic acid groups (broad SMARTS) is 1. The predicted molar refractivity (Wildman–Crippen MR) is 49.1 cm³/mol. The highest BCUT2D eigenvalue weighted by molar-refractivity contribution is 5.90. The molecule has 0 radical (unpaired) electrons. The third-order valence-corrected chi connectivity index (χ3v) is 1.50. The quantitative estimate of drug-likeness (QED) is 0.803. The summed E-state index contributed by atoms with van der Waals surface area (Å²) in [6.45, 7) is 2.68. The summed E-state index contributed by atoms with van der Waals surface area (Å²) in [4.78, 5) is 10.7. The number of para-hydroxylation sites is 1. The van der Waals surface area contributed by atoms with Crippen molar-refractivity contribution in [2.24, 2.45) is 0 Å². The summed E-state index contributed by atoms with van der Waals surface area (Å²) in [7, 11) is 0. The van der Waals surface area contributed by atoms with Crippen LogP contribution < -0.4 is 4.74 Å². The van der Waals surface area contributed by atoms with E-state index in [0.717, 1.165) is 0 Å². The molecule has 0 bridgehead atoms. The van der Waals surface area contributed by atoms with Crippen molar-refractivity contribution in [2.45, 2.75) is 0 Å². The monoisotopic (exact) mass is 196 g/mol. The van der Waals surface area contributed by atoms with Gasteiger partial charge in [0.25, 0.3) is 0 Å². The second-order valence-corrected chi connectivity index (χ2v) is 2.61. The highest BCUT2D eigenvalue weighted by atomic mass is 19.1. The van der Waals surface area contributed by atoms with Crippen molar-refractivity contribution in [2.75, 3.05) is 6.61 Å². The van der Waals surface area contributed by atoms with Gasteiger partial charge in [-0.3, -0.25) is 0 Å². The van der Waals surface area contributed by atoms with E-state index in [1.807, 2.05) is 0 Å². The van der Waals surface area contributed by atoms with Gasteiger partial charge in [0.1, 0.15) is 23.7 Å². The van der Waals surface area contributed by atoms with Gasteiger partial charge in [-0.05, 0) is 12.1 Å². The van der Waals surface area contributed by atoms with Gasteiger partial charge < -0.3 is 9.84 Å². The molecule has 0 aliphatic rings. The standard InChI is InChI=1S/C10H9FO3/c1-7(11)6-14-9-5-3-2-4-8(9)10(12)13/h2-5H,1,6H2,(H,12,13). The number of benzene rings is 1. The average molecular weight is 196 g/mol. The highest BCUT2D eigenvalue weighted by Crippen LogP contribution is 2.18. The van der Waals surface area contributed by atoms with Crippen LogP contribution in [0.25, 0.3) is 0 Å². The number of halogens is 1. The van der Waals surface area contributed by atoms with E-state index < -0.39 is 11.8 Å². The molecular formula is C10H9FO3. The van der Waals surface area contributed by atoms with E-state index in [0.29, 0.717) is 0 Å². The van der Waals surface area contributed by atoms with E-state index in [9.17, 15) is 9.18 Å². The lowest BCUT2D eigenvalue weighted by Gasteiger charge is -2.06. The molecule has 0 aromatic heterocycles. The van der Waals surface area contributed by atoms with Crippen LogP contribution in [0, 0.1) is 0 Å². The van der Waals surface area contributed by atoms with Crippen LogP contribution in [-0.2, 0) is 0 Å². The summed E-state index contributed by atoms with van der Waals surface area (Å²) in [5.41, 5.74) is 0.00810. The lowest BCUT2D eigenvalue weighted by Crippen LogP contribution is -2.04. The van der Waals surface area contributed by atoms with Crippen LogP contribution in [0.15, 0.2) is 36.7 Å². The van der Waals surface area contributed by atoms with E-state index in [1.54, 1.807) is 12.1 Å². The van der Waals surface area contributed by atoms with Crippen LogP contribution in [0.4, 0.5) is 4.39 Å². The predicted octanol–water partition coefficient (Wildman–Crippen LogP) is 2.25. The Morgan fingerprint density at radius 1 is 1.50 bits per heavy atom. The number of rotatable bonds is 4. The van der Waals surface area contributed by atoms with Crippen LogP contribution in [-0.4, -0.2) is 17.7 Å². The molecule has 0 amide bonds. The number of carboxylic acids is 1. The van der Waals surface area contributed by atoms with Gasteiger partial charge in [-0.15, -0.1) is 0 Å². The molecular weight excluding hydrogens is 187 g/mol. The first-order valence-electron chi connectivity index (χ1n) is 3.89. The molecule has 74 valence electrons. The maximum atomic E-state index is 12.3. The van der Waals surface area contributed by atoms with Crippen LogP contribution in [0.3, 0.4) is 0 Å². The zero-order valence-electron chi connectivity index (χ0n) is 7.37. The van der Waals surface area contributed by atoms with Crippen molar-refractivity contribution in [1.82, 2.24) is 0 Å². The summed E-state index contributed by atoms with van der Waals surface area (Å²) < 4.78 is 17.2. The first-order valence-corrected chi connectivity index (χ1v) is 3.89. The topological polar surface area (TPSA) is 46.5 Å². The van der Waals surface area contributed by atoms with Gasteiger partial charge in [-0.1, -0.05) is 18.7 Å². The highest BCUT2D eigenvalue weighted by Gasteiger charge is 2.09. The lowest BCUT2D eigenvalue weighted by atomic mass is 10.2. The molecule has 0 heterocycles. The summed E-state index contributed by atoms with van der Waals surface area (Å²) in [6, 6.07) is 6.04. The Morgan fingerprint density at radius 3 is 2.71 bits per heavy atom. The molecule has 0 aliphatic carbocycles. The van der Waals surface area contributed by atoms with Gasteiger partial charge in [0.15, 0.2) is 0 Å². The van der Waals surface area contributed by atoms with Crippen molar-refractivity contribution >= 4 is 5.97 Å². The Hall–Kier alpha value is -1.84. The fraction of sp³-hybridized carbons (Fsp3) is 0.100. The van der Waals surface area contributed by atoms with E-state index in [-0.39, 0.29) is 17.9 Å². The van der Waals surface area contributed by atoms with Gasteiger partial charge in [-0.2, -0.15) is 0 Å². The van der Waals surface area contributed by atoms with Crippen LogP contribution in [0.1, 0.15) is 10.4 Å². The van der Waals surface area contributed by atoms with Gasteiger partial charge in [0.05, 0.1) is 0 Å². The normalized spacial score (nSPS) is 9.50. The number of hydrogen-bond acceptors (Lipinski definition) is 2. The molecule has 0 aliphatic heterocycles. The third-order valence-electron chi connectivity index (χ3n) is 1.50. The van der Waals surface area contributed by atoms with Crippen molar-refractivity contribution in [3.8, 4) is 5.75 Å². The molecule has 0 atom stereocenters. The minimum absolute atomic E-state index is 0.00810. The van der Waals surface area contributed by atoms with Crippen molar-refractivity contribution in [3.63, 3.8) is 0 Å². The maximum absolute atomic E-state index is 12.3. The second-order valence-electron chi connectivity index (χ2n) is 2.61. The fourth-order valence-electron chi connectivity index (χ4n) is 0.925. The van der Waals surface area contributed by atoms with Crippen LogP contribution in [0.2, 0.25) is 0 Å². The molecule has 0 fully saturated rings. The van der Waals surface area contributed by atoms with Gasteiger partial charge in [0, 0.05) is 0 Å². The molecule has 1 aromatic carbocycles. The SMILES string of the molecule is C=C(F)COc1ccccc1C(=O)O. The molecule has 3 nitrogen and oxygen atoms in total. The first kappa shape index (κ1) is 10.2. The van der Waals surface area contributed by atoms with Gasteiger partial charge in [0.2, 0.25) is 0 Å². The number of carbonyl (C=O) groups is 1. The fourth-order valence-corrected chi connectivity index (χ4v) is 0.925. The Morgan fingerprint density at radius 2 is 2.14 bits per heavy atom. The van der Waals surface area contributed by atoms with E-state index in [4.69, 9.17) is 9.84 Å². The summed E-state index contributed by atoms with van der Waals surface area (Å²) in [5.74, 6) is -1.62. The Kier molecular flexibility index (Phi) is 3.23. The molecule has 14 heavy (non-hydrogen) atoms. The molecule has 1 aromatic rings. The molecule has 0 saturated heterocycles. The zero-order valence-corrected chi connectivity index (χ0v) is 7.37. The molecule has 1 N–H and O–H groups in total. The third kappa shape index (κ3) is 2.58. The Balaban J connectivity index is 2.84. The number of aromatic carboxylic acids is 1. The summed E-state index contributed by atoms with van der Waals surface area (Å²) in [6.07, 6.45) is 0. The Labute approximate surface area is 80.4 Å². The summed E-state index contributed by atoms with van der Waals surface area (Å²) in [5, 5.41) is 8.73. The molecule has 0 saturated carbocycles. The Bertz CT molecular complexity index is 360. The molecule has 0 unspecified atom stereocenters. The average Bonchev–Trinajstić information content (AvgIpc) is 2.15. The van der Waals surface area contributed by atoms with Crippen LogP contribution >= 0.6 is 0 Å². The molecule has 1 rings (SSSR count). The van der Waals surface area contributed by atoms with E-state index >= 15 is 0 Å². The number of hydrogen-bond donors (Lipinski definition) is 1. The minimum Gasteiger partial charge on any atom is -0.486 e. The van der Waals surface area contributed by atoms with Crippen molar-refractivity contribution in [3.05, 3.63) is 42.2 Å². The first-order chi connectivity index (χ1) is 6.61. The largest absolute Gasteiger partial charge is 0.486 e. The van der Waals surface area contributed by atoms with Crippen molar-refractivity contribution in [1.29, 1.82) is 0 Å². The summed E-state index contributed by atoms with van der Waals surface area (Å²) >= 11 is 0. The van der Waals surface area contributed by atoms with Crippen molar-refractivity contribution < 1.29 is 19.0 Å². The smallest absolute Gasteiger partial charge is 0.339 e. The lowest BCUT2D eigenvalue weighted by molar-refractivity contribution is 0.0692.